The molecule has 0 aromatic heterocycles. The van der Waals surface area contributed by atoms with E-state index in [1.165, 1.54) is 12.1 Å². The van der Waals surface area contributed by atoms with Crippen LogP contribution >= 0.6 is 12.2 Å². The molecule has 0 radical (unpaired) electrons. The summed E-state index contributed by atoms with van der Waals surface area (Å²) < 4.78 is 12.9. The summed E-state index contributed by atoms with van der Waals surface area (Å²) in [5.41, 5.74) is 0.942. The number of hydrogen-bond donors (Lipinski definition) is 3. The van der Waals surface area contributed by atoms with Gasteiger partial charge in [0.15, 0.2) is 5.11 Å². The van der Waals surface area contributed by atoms with Gasteiger partial charge in [-0.1, -0.05) is 0 Å². The largest absolute Gasteiger partial charge is 0.360 e. The molecular weight excluding hydrogens is 285 g/mol. The second-order valence-corrected chi connectivity index (χ2v) is 7.51. The number of halogens is 1. The molecule has 0 bridgehead atoms. The molecule has 116 valence electrons. The number of anilines is 1. The van der Waals surface area contributed by atoms with Crippen LogP contribution in [-0.4, -0.2) is 22.2 Å². The number of thiocarbonyl (C=S) groups is 1. The second kappa shape index (κ2) is 5.89. The fraction of sp³-hybridized carbons (Fsp3) is 0.562. The first-order valence-electron chi connectivity index (χ1n) is 7.28. The number of piperidine rings is 1. The third-order valence-electron chi connectivity index (χ3n) is 3.63. The molecule has 1 fully saturated rings. The number of benzene rings is 1. The Balaban J connectivity index is 1.94. The molecular formula is C16H24FN3S. The average molecular weight is 309 g/mol. The Morgan fingerprint density at radius 1 is 1.14 bits per heavy atom. The molecule has 1 heterocycles. The summed E-state index contributed by atoms with van der Waals surface area (Å²) in [5, 5.41) is 10.7. The monoisotopic (exact) mass is 309 g/mol. The zero-order chi connectivity index (χ0) is 15.7. The molecule has 2 rings (SSSR count). The van der Waals surface area contributed by atoms with Crippen LogP contribution in [0, 0.1) is 5.82 Å². The van der Waals surface area contributed by atoms with Crippen molar-refractivity contribution in [2.75, 3.05) is 5.32 Å². The predicted molar refractivity (Wildman–Crippen MR) is 90.1 cm³/mol. The van der Waals surface area contributed by atoms with Crippen LogP contribution in [-0.2, 0) is 0 Å². The summed E-state index contributed by atoms with van der Waals surface area (Å²) in [5.74, 6) is -0.249. The van der Waals surface area contributed by atoms with Gasteiger partial charge in [-0.2, -0.15) is 0 Å². The zero-order valence-corrected chi connectivity index (χ0v) is 13.9. The van der Waals surface area contributed by atoms with Gasteiger partial charge < -0.3 is 16.0 Å². The topological polar surface area (TPSA) is 36.1 Å². The minimum atomic E-state index is -0.249. The van der Waals surface area contributed by atoms with E-state index in [2.05, 4.69) is 43.6 Å². The van der Waals surface area contributed by atoms with Crippen molar-refractivity contribution < 1.29 is 4.39 Å². The highest BCUT2D eigenvalue weighted by Crippen LogP contribution is 2.28. The SMILES string of the molecule is CC1(C)CC(NC(=S)Nc2ccc(F)cc2)CC(C)(C)N1. The van der Waals surface area contributed by atoms with Crippen LogP contribution < -0.4 is 16.0 Å². The smallest absolute Gasteiger partial charge is 0.170 e. The molecule has 0 spiro atoms. The van der Waals surface area contributed by atoms with E-state index in [1.807, 2.05) is 0 Å². The maximum Gasteiger partial charge on any atom is 0.170 e. The van der Waals surface area contributed by atoms with Crippen molar-refractivity contribution >= 4 is 23.0 Å². The van der Waals surface area contributed by atoms with E-state index in [0.717, 1.165) is 18.5 Å². The van der Waals surface area contributed by atoms with Crippen LogP contribution in [0.2, 0.25) is 0 Å². The molecule has 1 aliphatic rings. The van der Waals surface area contributed by atoms with E-state index in [0.29, 0.717) is 11.2 Å². The van der Waals surface area contributed by atoms with E-state index in [9.17, 15) is 4.39 Å². The standard InChI is InChI=1S/C16H24FN3S/c1-15(2)9-13(10-16(3,4)20-15)19-14(21)18-12-7-5-11(17)6-8-12/h5-8,13,20H,9-10H2,1-4H3,(H2,18,19,21). The quantitative estimate of drug-likeness (QED) is 0.732. The summed E-state index contributed by atoms with van der Waals surface area (Å²) in [7, 11) is 0. The summed E-state index contributed by atoms with van der Waals surface area (Å²) in [4.78, 5) is 0. The van der Waals surface area contributed by atoms with Crippen molar-refractivity contribution in [1.82, 2.24) is 10.6 Å². The average Bonchev–Trinajstić information content (AvgIpc) is 2.27. The van der Waals surface area contributed by atoms with Gasteiger partial charge in [-0.05, 0) is 77.0 Å². The Morgan fingerprint density at radius 3 is 2.19 bits per heavy atom. The van der Waals surface area contributed by atoms with Gasteiger partial charge in [-0.3, -0.25) is 0 Å². The van der Waals surface area contributed by atoms with Crippen LogP contribution in [0.1, 0.15) is 40.5 Å². The van der Waals surface area contributed by atoms with Gasteiger partial charge in [-0.25, -0.2) is 4.39 Å². The first-order valence-corrected chi connectivity index (χ1v) is 7.69. The molecule has 3 N–H and O–H groups in total. The van der Waals surface area contributed by atoms with Gasteiger partial charge in [0.1, 0.15) is 5.82 Å². The highest BCUT2D eigenvalue weighted by atomic mass is 32.1. The molecule has 3 nitrogen and oxygen atoms in total. The lowest BCUT2D eigenvalue weighted by molar-refractivity contribution is 0.156. The van der Waals surface area contributed by atoms with Gasteiger partial charge in [0, 0.05) is 22.8 Å². The number of rotatable bonds is 2. The fourth-order valence-corrected chi connectivity index (χ4v) is 3.59. The van der Waals surface area contributed by atoms with E-state index < -0.39 is 0 Å². The van der Waals surface area contributed by atoms with Gasteiger partial charge in [-0.15, -0.1) is 0 Å². The van der Waals surface area contributed by atoms with Crippen LogP contribution in [0.15, 0.2) is 24.3 Å². The maximum atomic E-state index is 12.9. The van der Waals surface area contributed by atoms with Crippen molar-refractivity contribution in [3.8, 4) is 0 Å². The zero-order valence-electron chi connectivity index (χ0n) is 13.1. The minimum absolute atomic E-state index is 0.0743. The van der Waals surface area contributed by atoms with Crippen LogP contribution in [0.5, 0.6) is 0 Å². The molecule has 1 saturated heterocycles. The van der Waals surface area contributed by atoms with Crippen molar-refractivity contribution in [2.45, 2.75) is 57.7 Å². The molecule has 21 heavy (non-hydrogen) atoms. The lowest BCUT2D eigenvalue weighted by atomic mass is 9.80. The van der Waals surface area contributed by atoms with Gasteiger partial charge >= 0.3 is 0 Å². The summed E-state index contributed by atoms with van der Waals surface area (Å²) in [6.45, 7) is 8.83. The van der Waals surface area contributed by atoms with E-state index in [1.54, 1.807) is 12.1 Å². The Hall–Kier alpha value is -1.20. The lowest BCUT2D eigenvalue weighted by Gasteiger charge is -2.46. The minimum Gasteiger partial charge on any atom is -0.360 e. The first kappa shape index (κ1) is 16.2. The van der Waals surface area contributed by atoms with Crippen LogP contribution in [0.25, 0.3) is 0 Å². The first-order chi connectivity index (χ1) is 9.65. The lowest BCUT2D eigenvalue weighted by Crippen LogP contribution is -2.62. The van der Waals surface area contributed by atoms with Crippen molar-refractivity contribution in [1.29, 1.82) is 0 Å². The highest BCUT2D eigenvalue weighted by Gasteiger charge is 2.37. The second-order valence-electron chi connectivity index (χ2n) is 7.10. The summed E-state index contributed by atoms with van der Waals surface area (Å²) in [6, 6.07) is 6.51. The molecule has 1 aromatic carbocycles. The number of hydrogen-bond acceptors (Lipinski definition) is 2. The van der Waals surface area contributed by atoms with Gasteiger partial charge in [0.25, 0.3) is 0 Å². The molecule has 0 aliphatic carbocycles. The Labute approximate surface area is 131 Å². The molecule has 0 saturated carbocycles. The third kappa shape index (κ3) is 4.93. The molecule has 1 aliphatic heterocycles. The maximum absolute atomic E-state index is 12.9. The Bertz CT molecular complexity index is 495. The molecule has 0 atom stereocenters. The molecule has 0 unspecified atom stereocenters. The van der Waals surface area contributed by atoms with Crippen LogP contribution in [0.3, 0.4) is 0 Å². The normalized spacial score (nSPS) is 20.8. The Morgan fingerprint density at radius 2 is 1.67 bits per heavy atom. The van der Waals surface area contributed by atoms with Gasteiger partial charge in [0.05, 0.1) is 0 Å². The van der Waals surface area contributed by atoms with Gasteiger partial charge in [0.2, 0.25) is 0 Å². The molecule has 0 amide bonds. The summed E-state index contributed by atoms with van der Waals surface area (Å²) >= 11 is 5.36. The van der Waals surface area contributed by atoms with E-state index in [-0.39, 0.29) is 16.9 Å². The predicted octanol–water partition coefficient (Wildman–Crippen LogP) is 3.42. The molecule has 1 aromatic rings. The number of nitrogens with one attached hydrogen (secondary N) is 3. The van der Waals surface area contributed by atoms with Crippen molar-refractivity contribution in [3.05, 3.63) is 30.1 Å². The van der Waals surface area contributed by atoms with Crippen molar-refractivity contribution in [3.63, 3.8) is 0 Å². The molecule has 5 heteroatoms. The van der Waals surface area contributed by atoms with E-state index >= 15 is 0 Å². The van der Waals surface area contributed by atoms with Crippen molar-refractivity contribution in [2.24, 2.45) is 0 Å². The van der Waals surface area contributed by atoms with E-state index in [4.69, 9.17) is 12.2 Å². The fourth-order valence-electron chi connectivity index (χ4n) is 3.31. The summed E-state index contributed by atoms with van der Waals surface area (Å²) in [6.07, 6.45) is 2.00. The Kier molecular flexibility index (Phi) is 4.54. The third-order valence-corrected chi connectivity index (χ3v) is 3.85. The van der Waals surface area contributed by atoms with Crippen LogP contribution in [0.4, 0.5) is 10.1 Å². The highest BCUT2D eigenvalue weighted by molar-refractivity contribution is 7.80.